The van der Waals surface area contributed by atoms with E-state index in [9.17, 15) is 9.59 Å². The van der Waals surface area contributed by atoms with Crippen molar-refractivity contribution in [3.8, 4) is 0 Å². The fourth-order valence-electron chi connectivity index (χ4n) is 1.30. The molecule has 0 unspecified atom stereocenters. The summed E-state index contributed by atoms with van der Waals surface area (Å²) in [4.78, 5) is 25.2. The van der Waals surface area contributed by atoms with Gasteiger partial charge in [0.2, 0.25) is 0 Å². The van der Waals surface area contributed by atoms with Crippen molar-refractivity contribution in [1.82, 2.24) is 4.98 Å². The van der Waals surface area contributed by atoms with E-state index in [2.05, 4.69) is 4.98 Å². The Morgan fingerprint density at radius 1 is 1.44 bits per heavy atom. The Balaban J connectivity index is 2.71. The van der Waals surface area contributed by atoms with Crippen LogP contribution in [0.3, 0.4) is 0 Å². The molecule has 1 N–H and O–H groups in total. The molecule has 0 aliphatic rings. The minimum Gasteiger partial charge on any atom is -0.460 e. The van der Waals surface area contributed by atoms with Crippen LogP contribution in [-0.4, -0.2) is 16.6 Å². The third-order valence-corrected chi connectivity index (χ3v) is 1.92. The second-order valence-corrected chi connectivity index (χ2v) is 4.78. The van der Waals surface area contributed by atoms with Crippen molar-refractivity contribution in [3.63, 3.8) is 0 Å². The van der Waals surface area contributed by atoms with E-state index in [-0.39, 0.29) is 17.9 Å². The standard InChI is InChI=1S/C12H17NO3/c1-8-5-9(7-13-11(8)15)6-10(14)16-12(2,3)4/h5,7H,6H2,1-4H3,(H,13,15). The van der Waals surface area contributed by atoms with Crippen LogP contribution in [0.4, 0.5) is 0 Å². The van der Waals surface area contributed by atoms with Crippen LogP contribution in [0.15, 0.2) is 17.1 Å². The molecule has 0 spiro atoms. The topological polar surface area (TPSA) is 59.2 Å². The second kappa shape index (κ2) is 4.51. The van der Waals surface area contributed by atoms with Gasteiger partial charge in [-0.1, -0.05) is 0 Å². The van der Waals surface area contributed by atoms with Crippen LogP contribution in [0.2, 0.25) is 0 Å². The van der Waals surface area contributed by atoms with Gasteiger partial charge in [0.05, 0.1) is 6.42 Å². The van der Waals surface area contributed by atoms with E-state index in [1.165, 1.54) is 0 Å². The van der Waals surface area contributed by atoms with E-state index in [1.807, 2.05) is 20.8 Å². The van der Waals surface area contributed by atoms with E-state index in [4.69, 9.17) is 4.74 Å². The van der Waals surface area contributed by atoms with Gasteiger partial charge < -0.3 is 9.72 Å². The zero-order valence-corrected chi connectivity index (χ0v) is 10.1. The number of aromatic nitrogens is 1. The van der Waals surface area contributed by atoms with Gasteiger partial charge in [-0.2, -0.15) is 0 Å². The Hall–Kier alpha value is -1.58. The maximum absolute atomic E-state index is 11.5. The van der Waals surface area contributed by atoms with Gasteiger partial charge in [0.1, 0.15) is 5.60 Å². The summed E-state index contributed by atoms with van der Waals surface area (Å²) in [6, 6.07) is 1.70. The van der Waals surface area contributed by atoms with Gasteiger partial charge in [0.15, 0.2) is 0 Å². The molecule has 0 saturated heterocycles. The molecule has 0 aromatic carbocycles. The summed E-state index contributed by atoms with van der Waals surface area (Å²) in [7, 11) is 0. The van der Waals surface area contributed by atoms with Crippen molar-refractivity contribution in [2.75, 3.05) is 0 Å². The minimum absolute atomic E-state index is 0.132. The SMILES string of the molecule is Cc1cc(CC(=O)OC(C)(C)C)c[nH]c1=O. The lowest BCUT2D eigenvalue weighted by molar-refractivity contribution is -0.153. The lowest BCUT2D eigenvalue weighted by atomic mass is 10.1. The zero-order valence-electron chi connectivity index (χ0n) is 10.1. The first kappa shape index (κ1) is 12.5. The van der Waals surface area contributed by atoms with Crippen LogP contribution in [0.5, 0.6) is 0 Å². The predicted octanol–water partition coefficient (Wildman–Crippen LogP) is 1.57. The molecule has 0 amide bonds. The Labute approximate surface area is 94.6 Å². The van der Waals surface area contributed by atoms with E-state index in [0.717, 1.165) is 5.56 Å². The summed E-state index contributed by atoms with van der Waals surface area (Å²) in [6.07, 6.45) is 1.72. The fraction of sp³-hybridized carbons (Fsp3) is 0.500. The van der Waals surface area contributed by atoms with Gasteiger partial charge in [-0.15, -0.1) is 0 Å². The number of nitrogens with one attached hydrogen (secondary N) is 1. The largest absolute Gasteiger partial charge is 0.460 e. The molecule has 0 fully saturated rings. The average Bonchev–Trinajstić information content (AvgIpc) is 2.08. The van der Waals surface area contributed by atoms with Crippen molar-refractivity contribution in [2.45, 2.75) is 39.7 Å². The molecule has 0 aliphatic heterocycles. The molecule has 1 aromatic rings. The highest BCUT2D eigenvalue weighted by atomic mass is 16.6. The third-order valence-electron chi connectivity index (χ3n) is 1.92. The molecule has 88 valence electrons. The number of pyridine rings is 1. The molecule has 16 heavy (non-hydrogen) atoms. The lowest BCUT2D eigenvalue weighted by Crippen LogP contribution is -2.25. The number of esters is 1. The smallest absolute Gasteiger partial charge is 0.310 e. The Morgan fingerprint density at radius 3 is 2.56 bits per heavy atom. The van der Waals surface area contributed by atoms with Crippen LogP contribution in [0.1, 0.15) is 31.9 Å². The van der Waals surface area contributed by atoms with Crippen molar-refractivity contribution in [2.24, 2.45) is 0 Å². The summed E-state index contributed by atoms with van der Waals surface area (Å²) in [5.74, 6) is -0.293. The quantitative estimate of drug-likeness (QED) is 0.774. The highest BCUT2D eigenvalue weighted by molar-refractivity contribution is 5.72. The molecular formula is C12H17NO3. The molecular weight excluding hydrogens is 206 g/mol. The number of hydrogen-bond donors (Lipinski definition) is 1. The van der Waals surface area contributed by atoms with Gasteiger partial charge in [-0.25, -0.2) is 0 Å². The number of H-pyrrole nitrogens is 1. The first-order valence-electron chi connectivity index (χ1n) is 5.18. The van der Waals surface area contributed by atoms with Gasteiger partial charge in [0, 0.05) is 11.8 Å². The van der Waals surface area contributed by atoms with Crippen LogP contribution in [0.25, 0.3) is 0 Å². The molecule has 0 atom stereocenters. The van der Waals surface area contributed by atoms with E-state index >= 15 is 0 Å². The number of aryl methyl sites for hydroxylation is 1. The van der Waals surface area contributed by atoms with Crippen LogP contribution in [0, 0.1) is 6.92 Å². The van der Waals surface area contributed by atoms with Crippen molar-refractivity contribution < 1.29 is 9.53 Å². The van der Waals surface area contributed by atoms with Crippen LogP contribution >= 0.6 is 0 Å². The number of aromatic amines is 1. The van der Waals surface area contributed by atoms with E-state index in [0.29, 0.717) is 5.56 Å². The molecule has 4 nitrogen and oxygen atoms in total. The van der Waals surface area contributed by atoms with Crippen LogP contribution in [-0.2, 0) is 16.0 Å². The number of hydrogen-bond acceptors (Lipinski definition) is 3. The van der Waals surface area contributed by atoms with E-state index in [1.54, 1.807) is 19.2 Å². The summed E-state index contributed by atoms with van der Waals surface area (Å²) < 4.78 is 5.18. The summed E-state index contributed by atoms with van der Waals surface area (Å²) in [5, 5.41) is 0. The Bertz CT molecular complexity index is 440. The first-order chi connectivity index (χ1) is 7.28. The number of ether oxygens (including phenoxy) is 1. The predicted molar refractivity (Wildman–Crippen MR) is 61.3 cm³/mol. The zero-order chi connectivity index (χ0) is 12.3. The van der Waals surface area contributed by atoms with Crippen molar-refractivity contribution in [3.05, 3.63) is 33.7 Å². The molecule has 4 heteroatoms. The maximum Gasteiger partial charge on any atom is 0.310 e. The number of rotatable bonds is 2. The van der Waals surface area contributed by atoms with Crippen LogP contribution < -0.4 is 5.56 Å². The highest BCUT2D eigenvalue weighted by Gasteiger charge is 2.16. The van der Waals surface area contributed by atoms with Crippen molar-refractivity contribution >= 4 is 5.97 Å². The monoisotopic (exact) mass is 223 g/mol. The number of carbonyl (C=O) groups is 1. The average molecular weight is 223 g/mol. The maximum atomic E-state index is 11.5. The third kappa shape index (κ3) is 3.88. The van der Waals surface area contributed by atoms with Gasteiger partial charge in [-0.05, 0) is 39.3 Å². The molecule has 0 radical (unpaired) electrons. The normalized spacial score (nSPS) is 11.2. The van der Waals surface area contributed by atoms with Crippen molar-refractivity contribution in [1.29, 1.82) is 0 Å². The van der Waals surface area contributed by atoms with Gasteiger partial charge in [-0.3, -0.25) is 9.59 Å². The minimum atomic E-state index is -0.478. The lowest BCUT2D eigenvalue weighted by Gasteiger charge is -2.19. The molecule has 1 rings (SSSR count). The number of carbonyl (C=O) groups excluding carboxylic acids is 1. The first-order valence-corrected chi connectivity index (χ1v) is 5.18. The molecule has 1 heterocycles. The van der Waals surface area contributed by atoms with Gasteiger partial charge in [0.25, 0.3) is 5.56 Å². The molecule has 1 aromatic heterocycles. The fourth-order valence-corrected chi connectivity index (χ4v) is 1.30. The Morgan fingerprint density at radius 2 is 2.06 bits per heavy atom. The van der Waals surface area contributed by atoms with E-state index < -0.39 is 5.60 Å². The van der Waals surface area contributed by atoms with Gasteiger partial charge >= 0.3 is 5.97 Å². The molecule has 0 aliphatic carbocycles. The Kier molecular flexibility index (Phi) is 3.52. The second-order valence-electron chi connectivity index (χ2n) is 4.78. The summed E-state index contributed by atoms with van der Waals surface area (Å²) in [5.41, 5.74) is 0.745. The molecule has 0 saturated carbocycles. The summed E-state index contributed by atoms with van der Waals surface area (Å²) >= 11 is 0. The molecule has 0 bridgehead atoms. The highest BCUT2D eigenvalue weighted by Crippen LogP contribution is 2.09. The summed E-state index contributed by atoms with van der Waals surface area (Å²) in [6.45, 7) is 7.17.